The van der Waals surface area contributed by atoms with Gasteiger partial charge in [-0.25, -0.2) is 28.3 Å². The van der Waals surface area contributed by atoms with E-state index in [9.17, 15) is 18.4 Å². The molecular weight excluding hydrogens is 671 g/mol. The second kappa shape index (κ2) is 12.9. The Morgan fingerprint density at radius 2 is 1.65 bits per heavy atom. The number of halogens is 5. The summed E-state index contributed by atoms with van der Waals surface area (Å²) in [5, 5.41) is 0.112. The minimum absolute atomic E-state index is 0.0458. The first-order valence-electron chi connectivity index (χ1n) is 16.3. The Kier molecular flexibility index (Phi) is 9.24. The highest BCUT2D eigenvalue weighted by molar-refractivity contribution is 7.99. The van der Waals surface area contributed by atoms with Gasteiger partial charge >= 0.3 is 24.0 Å². The summed E-state index contributed by atoms with van der Waals surface area (Å²) in [5.41, 5.74) is -2.16. The minimum Gasteiger partial charge on any atom is -0.457 e. The van der Waals surface area contributed by atoms with Crippen LogP contribution in [0.2, 0.25) is 0 Å². The van der Waals surface area contributed by atoms with Gasteiger partial charge in [0.2, 0.25) is 5.92 Å². The number of amides is 1. The van der Waals surface area contributed by atoms with E-state index in [4.69, 9.17) is 9.47 Å². The smallest absolute Gasteiger partial charge is 0.416 e. The lowest BCUT2D eigenvalue weighted by molar-refractivity contribution is -0.138. The molecule has 1 aliphatic carbocycles. The standard InChI is InChI=1S/C33H39F5N6O4S/c1-18-14-42(15-19(2)44(18)30(46)48-31(3,4)5)27-22-13-23(33(36,37)38)24(20-7-9-32(34,35)10-8-20)26-25(22)43(29(45)41-27)16-21(17-49-26)47-28-39-11-6-12-40-28/h6,11-13,18-21H,7-10,14-17H2,1-5H3/t18-,19+,21-/m0/s1. The number of rotatable bonds is 4. The number of hydrogen-bond acceptors (Lipinski definition) is 9. The Morgan fingerprint density at radius 3 is 2.24 bits per heavy atom. The Morgan fingerprint density at radius 1 is 1.02 bits per heavy atom. The molecule has 266 valence electrons. The number of thioether (sulfide) groups is 1. The van der Waals surface area contributed by atoms with Crippen molar-refractivity contribution >= 4 is 34.6 Å². The number of nitrogens with zero attached hydrogens (tertiary/aromatic N) is 6. The van der Waals surface area contributed by atoms with Crippen molar-refractivity contribution < 1.29 is 36.2 Å². The fourth-order valence-electron chi connectivity index (χ4n) is 7.10. The van der Waals surface area contributed by atoms with E-state index in [1.54, 1.807) is 50.5 Å². The molecule has 0 bridgehead atoms. The van der Waals surface area contributed by atoms with E-state index in [0.29, 0.717) is 0 Å². The van der Waals surface area contributed by atoms with Crippen LogP contribution in [-0.4, -0.2) is 79.1 Å². The molecule has 4 heterocycles. The van der Waals surface area contributed by atoms with E-state index in [1.807, 2.05) is 0 Å². The highest BCUT2D eigenvalue weighted by Crippen LogP contribution is 2.51. The van der Waals surface area contributed by atoms with Gasteiger partial charge in [-0.05, 0) is 71.1 Å². The van der Waals surface area contributed by atoms with Crippen molar-refractivity contribution in [2.75, 3.05) is 23.7 Å². The fraction of sp³-hybridized carbons (Fsp3) is 0.606. The molecule has 1 aromatic carbocycles. The van der Waals surface area contributed by atoms with Gasteiger partial charge in [0.25, 0.3) is 0 Å². The predicted molar refractivity (Wildman–Crippen MR) is 174 cm³/mol. The molecule has 3 aromatic rings. The van der Waals surface area contributed by atoms with E-state index in [-0.39, 0.29) is 71.4 Å². The summed E-state index contributed by atoms with van der Waals surface area (Å²) in [6.07, 6.45) is -4.40. The monoisotopic (exact) mass is 710 g/mol. The second-order valence-corrected chi connectivity index (χ2v) is 15.1. The lowest BCUT2D eigenvalue weighted by Gasteiger charge is -2.45. The van der Waals surface area contributed by atoms with Crippen molar-refractivity contribution in [3.05, 3.63) is 46.1 Å². The van der Waals surface area contributed by atoms with Crippen molar-refractivity contribution in [1.82, 2.24) is 24.4 Å². The predicted octanol–water partition coefficient (Wildman–Crippen LogP) is 6.89. The first-order valence-corrected chi connectivity index (χ1v) is 17.3. The molecule has 2 aliphatic heterocycles. The number of aromatic nitrogens is 4. The zero-order valence-electron chi connectivity index (χ0n) is 27.9. The first-order chi connectivity index (χ1) is 22.9. The largest absolute Gasteiger partial charge is 0.457 e. The van der Waals surface area contributed by atoms with Gasteiger partial charge < -0.3 is 14.4 Å². The van der Waals surface area contributed by atoms with E-state index >= 15 is 13.2 Å². The molecule has 2 aromatic heterocycles. The number of hydrogen-bond donors (Lipinski definition) is 0. The number of carbonyl (C=O) groups excluding carboxylic acids is 1. The molecule has 1 saturated heterocycles. The van der Waals surface area contributed by atoms with Gasteiger partial charge in [-0.2, -0.15) is 18.2 Å². The highest BCUT2D eigenvalue weighted by Gasteiger charge is 2.44. The van der Waals surface area contributed by atoms with Crippen LogP contribution in [0.5, 0.6) is 6.01 Å². The maximum Gasteiger partial charge on any atom is 0.416 e. The number of ether oxygens (including phenoxy) is 2. The summed E-state index contributed by atoms with van der Waals surface area (Å²) >= 11 is 1.11. The van der Waals surface area contributed by atoms with Gasteiger partial charge in [-0.1, -0.05) is 0 Å². The van der Waals surface area contributed by atoms with Gasteiger partial charge in [0.1, 0.15) is 17.5 Å². The third kappa shape index (κ3) is 7.29. The topological polar surface area (TPSA) is 103 Å². The van der Waals surface area contributed by atoms with Crippen LogP contribution < -0.4 is 15.3 Å². The molecule has 6 rings (SSSR count). The number of piperazine rings is 1. The normalized spacial score (nSPS) is 23.3. The number of alkyl halides is 5. The maximum atomic E-state index is 15.1. The van der Waals surface area contributed by atoms with Crippen molar-refractivity contribution in [2.45, 2.75) is 114 Å². The zero-order valence-corrected chi connectivity index (χ0v) is 28.7. The van der Waals surface area contributed by atoms with Crippen molar-refractivity contribution in [1.29, 1.82) is 0 Å². The first kappa shape index (κ1) is 35.1. The van der Waals surface area contributed by atoms with Gasteiger partial charge in [-0.15, -0.1) is 11.8 Å². The average Bonchev–Trinajstić information content (AvgIpc) is 3.18. The summed E-state index contributed by atoms with van der Waals surface area (Å²) in [6, 6.07) is 1.81. The molecule has 0 radical (unpaired) electrons. The maximum absolute atomic E-state index is 15.1. The quantitative estimate of drug-likeness (QED) is 0.268. The molecule has 0 unspecified atom stereocenters. The van der Waals surface area contributed by atoms with Gasteiger partial charge in [0, 0.05) is 54.4 Å². The number of anilines is 1. The van der Waals surface area contributed by atoms with Crippen LogP contribution in [0.15, 0.2) is 34.2 Å². The summed E-state index contributed by atoms with van der Waals surface area (Å²) in [5.74, 6) is -3.53. The van der Waals surface area contributed by atoms with Crippen LogP contribution in [0, 0.1) is 0 Å². The van der Waals surface area contributed by atoms with Crippen LogP contribution in [0.4, 0.5) is 32.6 Å². The lowest BCUT2D eigenvalue weighted by atomic mass is 9.80. The fourth-order valence-corrected chi connectivity index (χ4v) is 8.42. The summed E-state index contributed by atoms with van der Waals surface area (Å²) in [4.78, 5) is 43.1. The van der Waals surface area contributed by atoms with Crippen molar-refractivity contribution in [2.24, 2.45) is 0 Å². The van der Waals surface area contributed by atoms with Crippen LogP contribution in [-0.2, 0) is 17.5 Å². The lowest BCUT2D eigenvalue weighted by Crippen LogP contribution is -2.59. The average molecular weight is 711 g/mol. The van der Waals surface area contributed by atoms with Crippen LogP contribution in [0.3, 0.4) is 0 Å². The third-order valence-electron chi connectivity index (χ3n) is 9.10. The summed E-state index contributed by atoms with van der Waals surface area (Å²) < 4.78 is 86.7. The molecule has 16 heteroatoms. The van der Waals surface area contributed by atoms with E-state index < -0.39 is 72.0 Å². The highest BCUT2D eigenvalue weighted by atomic mass is 32.2. The molecule has 3 atom stereocenters. The van der Waals surface area contributed by atoms with E-state index in [2.05, 4.69) is 15.0 Å². The molecule has 1 saturated carbocycles. The van der Waals surface area contributed by atoms with E-state index in [1.165, 1.54) is 17.0 Å². The second-order valence-electron chi connectivity index (χ2n) is 14.1. The molecule has 1 amide bonds. The molecule has 49 heavy (non-hydrogen) atoms. The van der Waals surface area contributed by atoms with Gasteiger partial charge in [-0.3, -0.25) is 9.47 Å². The van der Waals surface area contributed by atoms with Gasteiger partial charge in [0.05, 0.1) is 29.7 Å². The summed E-state index contributed by atoms with van der Waals surface area (Å²) in [6.45, 7) is 9.19. The Bertz CT molecular complexity index is 1760. The Balaban J connectivity index is 1.50. The minimum atomic E-state index is -4.82. The van der Waals surface area contributed by atoms with Gasteiger partial charge in [0.15, 0.2) is 0 Å². The number of benzene rings is 1. The SMILES string of the molecule is C[C@@H]1CN(c2nc(=O)n3c4c(c(C5CCC(F)(F)CC5)c(C(F)(F)F)cc24)SC[C@@H](Oc2ncccn2)C3)C[C@H](C)N1C(=O)OC(C)(C)C. The molecular formula is C33H39F5N6O4S. The van der Waals surface area contributed by atoms with Crippen molar-refractivity contribution in [3.8, 4) is 6.01 Å². The molecule has 0 spiro atoms. The summed E-state index contributed by atoms with van der Waals surface area (Å²) in [7, 11) is 0. The van der Waals surface area contributed by atoms with E-state index in [0.717, 1.165) is 17.8 Å². The van der Waals surface area contributed by atoms with Crippen molar-refractivity contribution in [3.63, 3.8) is 0 Å². The molecule has 3 aliphatic rings. The Hall–Kier alpha value is -3.69. The number of carbonyl (C=O) groups is 1. The third-order valence-corrected chi connectivity index (χ3v) is 10.3. The zero-order chi connectivity index (χ0) is 35.5. The molecule has 0 N–H and O–H groups in total. The Labute approximate surface area is 284 Å². The van der Waals surface area contributed by atoms with Crippen LogP contribution in [0.25, 0.3) is 10.9 Å². The van der Waals surface area contributed by atoms with Crippen LogP contribution in [0.1, 0.15) is 77.3 Å². The molecule has 2 fully saturated rings. The molecule has 10 nitrogen and oxygen atoms in total. The van der Waals surface area contributed by atoms with Crippen LogP contribution >= 0.6 is 11.8 Å².